The standard InChI is InChI=1S/C23H32N4O/c1-19-7-4-5-10-22(19)18-26(3)23(24-2)25-16-20-8-6-9-21(15-20)17-27-11-13-28-14-12-27/h4-10,15H,11-14,16-18H2,1-3H3,(H,24,25). The minimum Gasteiger partial charge on any atom is -0.379 e. The maximum Gasteiger partial charge on any atom is 0.193 e. The number of nitrogens with one attached hydrogen (secondary N) is 1. The van der Waals surface area contributed by atoms with Crippen LogP contribution >= 0.6 is 0 Å². The Morgan fingerprint density at radius 3 is 2.61 bits per heavy atom. The fourth-order valence-electron chi connectivity index (χ4n) is 3.54. The molecule has 0 spiro atoms. The molecule has 2 aromatic rings. The van der Waals surface area contributed by atoms with E-state index in [-0.39, 0.29) is 0 Å². The fraction of sp³-hybridized carbons (Fsp3) is 0.435. The summed E-state index contributed by atoms with van der Waals surface area (Å²) in [4.78, 5) is 9.07. The lowest BCUT2D eigenvalue weighted by Crippen LogP contribution is -2.38. The first-order valence-corrected chi connectivity index (χ1v) is 10.00. The van der Waals surface area contributed by atoms with Crippen LogP contribution in [0.25, 0.3) is 0 Å². The van der Waals surface area contributed by atoms with Gasteiger partial charge in [0.05, 0.1) is 13.2 Å². The molecule has 1 aliphatic rings. The molecule has 2 aromatic carbocycles. The monoisotopic (exact) mass is 380 g/mol. The van der Waals surface area contributed by atoms with Gasteiger partial charge in [-0.05, 0) is 29.2 Å². The summed E-state index contributed by atoms with van der Waals surface area (Å²) >= 11 is 0. The van der Waals surface area contributed by atoms with Crippen LogP contribution in [0.15, 0.2) is 53.5 Å². The van der Waals surface area contributed by atoms with E-state index in [0.29, 0.717) is 0 Å². The number of morpholine rings is 1. The van der Waals surface area contributed by atoms with Gasteiger partial charge in [0.2, 0.25) is 0 Å². The highest BCUT2D eigenvalue weighted by molar-refractivity contribution is 5.79. The lowest BCUT2D eigenvalue weighted by atomic mass is 10.1. The van der Waals surface area contributed by atoms with E-state index in [0.717, 1.165) is 51.9 Å². The van der Waals surface area contributed by atoms with Gasteiger partial charge in [-0.15, -0.1) is 0 Å². The van der Waals surface area contributed by atoms with Crippen molar-refractivity contribution in [3.8, 4) is 0 Å². The van der Waals surface area contributed by atoms with Crippen molar-refractivity contribution in [1.82, 2.24) is 15.1 Å². The molecule has 0 aromatic heterocycles. The first kappa shape index (κ1) is 20.4. The fourth-order valence-corrected chi connectivity index (χ4v) is 3.54. The van der Waals surface area contributed by atoms with Crippen molar-refractivity contribution >= 4 is 5.96 Å². The van der Waals surface area contributed by atoms with E-state index in [9.17, 15) is 0 Å². The van der Waals surface area contributed by atoms with Gasteiger partial charge in [0.15, 0.2) is 5.96 Å². The van der Waals surface area contributed by atoms with Crippen LogP contribution in [0.4, 0.5) is 0 Å². The van der Waals surface area contributed by atoms with Crippen LogP contribution in [0.5, 0.6) is 0 Å². The number of ether oxygens (including phenoxy) is 1. The Hall–Kier alpha value is -2.37. The highest BCUT2D eigenvalue weighted by Gasteiger charge is 2.11. The average Bonchev–Trinajstić information content (AvgIpc) is 2.71. The number of rotatable bonds is 6. The van der Waals surface area contributed by atoms with Crippen molar-refractivity contribution in [1.29, 1.82) is 0 Å². The molecule has 0 bridgehead atoms. The van der Waals surface area contributed by atoms with Crippen LogP contribution < -0.4 is 5.32 Å². The molecule has 0 unspecified atom stereocenters. The van der Waals surface area contributed by atoms with Crippen LogP contribution in [-0.2, 0) is 24.4 Å². The molecule has 0 atom stereocenters. The van der Waals surface area contributed by atoms with Gasteiger partial charge in [0.25, 0.3) is 0 Å². The largest absolute Gasteiger partial charge is 0.379 e. The molecule has 0 radical (unpaired) electrons. The number of nitrogens with zero attached hydrogens (tertiary/aromatic N) is 3. The Morgan fingerprint density at radius 1 is 1.11 bits per heavy atom. The number of guanidine groups is 1. The van der Waals surface area contributed by atoms with E-state index in [1.165, 1.54) is 22.3 Å². The molecule has 5 nitrogen and oxygen atoms in total. The Bertz CT molecular complexity index is 784. The van der Waals surface area contributed by atoms with Crippen LogP contribution in [-0.4, -0.2) is 56.2 Å². The number of aryl methyl sites for hydroxylation is 1. The molecular formula is C23H32N4O. The molecule has 150 valence electrons. The molecule has 3 rings (SSSR count). The van der Waals surface area contributed by atoms with E-state index in [2.05, 4.69) is 82.6 Å². The molecule has 5 heteroatoms. The van der Waals surface area contributed by atoms with Gasteiger partial charge in [0.1, 0.15) is 0 Å². The van der Waals surface area contributed by atoms with Crippen molar-refractivity contribution in [2.45, 2.75) is 26.6 Å². The summed E-state index contributed by atoms with van der Waals surface area (Å²) < 4.78 is 5.44. The molecular weight excluding hydrogens is 348 g/mol. The maximum absolute atomic E-state index is 5.44. The summed E-state index contributed by atoms with van der Waals surface area (Å²) in [7, 11) is 3.92. The third kappa shape index (κ3) is 5.81. The zero-order valence-electron chi connectivity index (χ0n) is 17.3. The molecule has 1 N–H and O–H groups in total. The number of benzene rings is 2. The second kappa shape index (κ2) is 10.2. The second-order valence-electron chi connectivity index (χ2n) is 7.39. The predicted molar refractivity (Wildman–Crippen MR) is 115 cm³/mol. The third-order valence-corrected chi connectivity index (χ3v) is 5.19. The Kier molecular flexibility index (Phi) is 7.46. The van der Waals surface area contributed by atoms with Crippen LogP contribution in [0.2, 0.25) is 0 Å². The summed E-state index contributed by atoms with van der Waals surface area (Å²) in [5.74, 6) is 0.904. The molecule has 28 heavy (non-hydrogen) atoms. The Labute approximate surface area is 169 Å². The molecule has 1 aliphatic heterocycles. The van der Waals surface area contributed by atoms with Crippen molar-refractivity contribution in [3.63, 3.8) is 0 Å². The SMILES string of the molecule is CN=C(NCc1cccc(CN2CCOCC2)c1)N(C)Cc1ccccc1C. The van der Waals surface area contributed by atoms with Crippen molar-refractivity contribution in [2.75, 3.05) is 40.4 Å². The lowest BCUT2D eigenvalue weighted by Gasteiger charge is -2.26. The lowest BCUT2D eigenvalue weighted by molar-refractivity contribution is 0.0342. The molecule has 0 aliphatic carbocycles. The zero-order valence-corrected chi connectivity index (χ0v) is 17.3. The predicted octanol–water partition coefficient (Wildman–Crippen LogP) is 3.03. The minimum atomic E-state index is 0.766. The zero-order chi connectivity index (χ0) is 19.8. The van der Waals surface area contributed by atoms with Gasteiger partial charge in [-0.1, -0.05) is 48.5 Å². The third-order valence-electron chi connectivity index (χ3n) is 5.19. The summed E-state index contributed by atoms with van der Waals surface area (Å²) in [5.41, 5.74) is 5.25. The highest BCUT2D eigenvalue weighted by Crippen LogP contribution is 2.11. The number of aliphatic imine (C=N–C) groups is 1. The highest BCUT2D eigenvalue weighted by atomic mass is 16.5. The van der Waals surface area contributed by atoms with Gasteiger partial charge in [-0.2, -0.15) is 0 Å². The quantitative estimate of drug-likeness (QED) is 0.618. The van der Waals surface area contributed by atoms with Gasteiger partial charge in [-0.25, -0.2) is 0 Å². The molecule has 0 saturated carbocycles. The molecule has 1 fully saturated rings. The summed E-state index contributed by atoms with van der Waals surface area (Å²) in [5, 5.41) is 3.50. The van der Waals surface area contributed by atoms with E-state index < -0.39 is 0 Å². The van der Waals surface area contributed by atoms with E-state index in [4.69, 9.17) is 4.74 Å². The first-order chi connectivity index (χ1) is 13.7. The normalized spacial score (nSPS) is 15.5. The van der Waals surface area contributed by atoms with Crippen LogP contribution in [0.3, 0.4) is 0 Å². The number of hydrogen-bond donors (Lipinski definition) is 1. The maximum atomic E-state index is 5.44. The molecule has 0 amide bonds. The van der Waals surface area contributed by atoms with Gasteiger partial charge < -0.3 is 15.0 Å². The van der Waals surface area contributed by atoms with Crippen molar-refractivity contribution < 1.29 is 4.74 Å². The summed E-state index contributed by atoms with van der Waals surface area (Å²) in [6.45, 7) is 8.44. The average molecular weight is 381 g/mol. The van der Waals surface area contributed by atoms with E-state index in [1.807, 2.05) is 7.05 Å². The van der Waals surface area contributed by atoms with Crippen molar-refractivity contribution in [2.24, 2.45) is 4.99 Å². The van der Waals surface area contributed by atoms with Gasteiger partial charge in [0, 0.05) is 46.8 Å². The topological polar surface area (TPSA) is 40.1 Å². The van der Waals surface area contributed by atoms with Crippen molar-refractivity contribution in [3.05, 3.63) is 70.8 Å². The number of hydrogen-bond acceptors (Lipinski definition) is 3. The van der Waals surface area contributed by atoms with Gasteiger partial charge >= 0.3 is 0 Å². The van der Waals surface area contributed by atoms with Crippen LogP contribution in [0, 0.1) is 6.92 Å². The second-order valence-corrected chi connectivity index (χ2v) is 7.39. The Balaban J connectivity index is 1.55. The minimum absolute atomic E-state index is 0.766. The van der Waals surface area contributed by atoms with Crippen LogP contribution in [0.1, 0.15) is 22.3 Å². The van der Waals surface area contributed by atoms with E-state index in [1.54, 1.807) is 0 Å². The summed E-state index contributed by atoms with van der Waals surface area (Å²) in [6, 6.07) is 17.3. The smallest absolute Gasteiger partial charge is 0.193 e. The molecule has 1 saturated heterocycles. The summed E-state index contributed by atoms with van der Waals surface area (Å²) in [6.07, 6.45) is 0. The molecule has 1 heterocycles. The van der Waals surface area contributed by atoms with Gasteiger partial charge in [-0.3, -0.25) is 9.89 Å². The van der Waals surface area contributed by atoms with E-state index >= 15 is 0 Å². The Morgan fingerprint density at radius 2 is 1.86 bits per heavy atom. The first-order valence-electron chi connectivity index (χ1n) is 10.00.